The fourth-order valence-electron chi connectivity index (χ4n) is 3.89. The van der Waals surface area contributed by atoms with Gasteiger partial charge in [-0.1, -0.05) is 18.2 Å². The van der Waals surface area contributed by atoms with Crippen molar-refractivity contribution < 1.29 is 50.9 Å². The highest BCUT2D eigenvalue weighted by Crippen LogP contribution is 2.44. The van der Waals surface area contributed by atoms with Gasteiger partial charge in [0.1, 0.15) is 18.5 Å². The SMILES string of the molecule is C[C@H](F)COc1ccc(C(=O)N2CCC(F)(F)/C(=C\C(=O)NC[C@H](O)CO)c3ccccc32)c(C(F)(F)F)c1. The molecule has 0 saturated carbocycles. The van der Waals surface area contributed by atoms with E-state index in [9.17, 15) is 32.3 Å². The Balaban J connectivity index is 2.04. The molecular weight excluding hydrogens is 534 g/mol. The van der Waals surface area contributed by atoms with Crippen molar-refractivity contribution in [1.82, 2.24) is 5.32 Å². The van der Waals surface area contributed by atoms with Gasteiger partial charge in [-0.2, -0.15) is 13.2 Å². The predicted molar refractivity (Wildman–Crippen MR) is 129 cm³/mol. The lowest BCUT2D eigenvalue weighted by Gasteiger charge is -2.24. The molecule has 0 bridgehead atoms. The maximum Gasteiger partial charge on any atom is 0.417 e. The molecule has 2 amide bonds. The third-order valence-electron chi connectivity index (χ3n) is 5.78. The van der Waals surface area contributed by atoms with Crippen LogP contribution in [-0.4, -0.2) is 66.5 Å². The average Bonchev–Trinajstić information content (AvgIpc) is 2.98. The maximum absolute atomic E-state index is 15.2. The molecule has 1 aliphatic rings. The van der Waals surface area contributed by atoms with Crippen molar-refractivity contribution in [3.8, 4) is 5.75 Å². The van der Waals surface area contributed by atoms with E-state index in [1.165, 1.54) is 24.3 Å². The number of aliphatic hydroxyl groups excluding tert-OH is 2. The number of carbonyl (C=O) groups excluding carboxylic acids is 2. The van der Waals surface area contributed by atoms with Crippen LogP contribution in [0, 0.1) is 0 Å². The van der Waals surface area contributed by atoms with Crippen molar-refractivity contribution >= 4 is 23.1 Å². The van der Waals surface area contributed by atoms with Gasteiger partial charge in [-0.3, -0.25) is 9.59 Å². The first-order valence-electron chi connectivity index (χ1n) is 11.8. The maximum atomic E-state index is 15.2. The van der Waals surface area contributed by atoms with Crippen LogP contribution in [0.4, 0.5) is 32.0 Å². The summed E-state index contributed by atoms with van der Waals surface area (Å²) in [6.45, 7) is -1.13. The number of benzene rings is 2. The number of nitrogens with zero attached hydrogens (tertiary/aromatic N) is 1. The van der Waals surface area contributed by atoms with Gasteiger partial charge in [0.25, 0.3) is 11.8 Å². The molecule has 0 aliphatic carbocycles. The fraction of sp³-hybridized carbons (Fsp3) is 0.385. The van der Waals surface area contributed by atoms with E-state index >= 15 is 8.78 Å². The van der Waals surface area contributed by atoms with Crippen LogP contribution in [0.5, 0.6) is 5.75 Å². The van der Waals surface area contributed by atoms with Gasteiger partial charge >= 0.3 is 6.18 Å². The lowest BCUT2D eigenvalue weighted by Crippen LogP contribution is -2.34. The Kier molecular flexibility index (Phi) is 9.28. The zero-order valence-corrected chi connectivity index (χ0v) is 20.6. The van der Waals surface area contributed by atoms with Crippen LogP contribution in [0.3, 0.4) is 0 Å². The predicted octanol–water partition coefficient (Wildman–Crippen LogP) is 3.98. The molecule has 2 aromatic rings. The molecule has 0 aromatic heterocycles. The van der Waals surface area contributed by atoms with E-state index in [0.29, 0.717) is 12.1 Å². The summed E-state index contributed by atoms with van der Waals surface area (Å²) in [4.78, 5) is 26.5. The second-order valence-electron chi connectivity index (χ2n) is 8.86. The van der Waals surface area contributed by atoms with Crippen LogP contribution in [-0.2, 0) is 11.0 Å². The van der Waals surface area contributed by atoms with E-state index in [4.69, 9.17) is 9.84 Å². The Morgan fingerprint density at radius 2 is 1.90 bits per heavy atom. The number of alkyl halides is 6. The molecule has 7 nitrogen and oxygen atoms in total. The summed E-state index contributed by atoms with van der Waals surface area (Å²) < 4.78 is 90.3. The molecule has 2 aromatic carbocycles. The van der Waals surface area contributed by atoms with Crippen LogP contribution < -0.4 is 15.0 Å². The van der Waals surface area contributed by atoms with E-state index in [1.54, 1.807) is 0 Å². The van der Waals surface area contributed by atoms with Crippen LogP contribution in [0.25, 0.3) is 5.57 Å². The lowest BCUT2D eigenvalue weighted by atomic mass is 9.97. The molecule has 3 N–H and O–H groups in total. The largest absolute Gasteiger partial charge is 0.491 e. The highest BCUT2D eigenvalue weighted by atomic mass is 19.4. The standard InChI is InChI=1S/C26H26F6N2O5/c1-15(27)14-39-17-6-7-19(21(10-17)26(30,31)32)24(38)34-9-8-25(28,29)20(18-4-2-3-5-22(18)34)11-23(37)33-12-16(36)13-35/h2-7,10-11,15-16,35-36H,8-9,12-14H2,1H3,(H,33,37)/b20-11-/t15-,16-/m0/s1. The van der Waals surface area contributed by atoms with Crippen molar-refractivity contribution in [1.29, 1.82) is 0 Å². The molecule has 13 heteroatoms. The van der Waals surface area contributed by atoms with Crippen LogP contribution in [0.1, 0.15) is 34.8 Å². The number of halogens is 6. The Labute approximate surface area is 219 Å². The van der Waals surface area contributed by atoms with Gasteiger partial charge in [-0.15, -0.1) is 0 Å². The number of aliphatic hydroxyl groups is 2. The number of ether oxygens (including phenoxy) is 1. The average molecular weight is 560 g/mol. The number of fused-ring (bicyclic) bond motifs is 1. The van der Waals surface area contributed by atoms with Crippen molar-refractivity contribution in [2.75, 3.05) is 31.2 Å². The topological polar surface area (TPSA) is 99.1 Å². The van der Waals surface area contributed by atoms with E-state index in [0.717, 1.165) is 24.0 Å². The molecule has 3 rings (SSSR count). The molecule has 0 fully saturated rings. The quantitative estimate of drug-likeness (QED) is 0.335. The lowest BCUT2D eigenvalue weighted by molar-refractivity contribution is -0.138. The van der Waals surface area contributed by atoms with Gasteiger partial charge < -0.3 is 25.2 Å². The van der Waals surface area contributed by atoms with Gasteiger partial charge in [0, 0.05) is 36.7 Å². The molecule has 0 saturated heterocycles. The zero-order valence-electron chi connectivity index (χ0n) is 20.6. The fourth-order valence-corrected chi connectivity index (χ4v) is 3.89. The highest BCUT2D eigenvalue weighted by Gasteiger charge is 2.43. The summed E-state index contributed by atoms with van der Waals surface area (Å²) in [5.41, 5.74) is -3.39. The minimum atomic E-state index is -5.02. The number of rotatable bonds is 8. The third-order valence-corrected chi connectivity index (χ3v) is 5.78. The minimum absolute atomic E-state index is 0.145. The van der Waals surface area contributed by atoms with E-state index in [-0.39, 0.29) is 17.0 Å². The van der Waals surface area contributed by atoms with Crippen molar-refractivity contribution in [2.45, 2.75) is 37.7 Å². The number of carbonyl (C=O) groups is 2. The molecule has 0 spiro atoms. The number of allylic oxidation sites excluding steroid dienone is 1. The van der Waals surface area contributed by atoms with Crippen molar-refractivity contribution in [3.05, 3.63) is 65.2 Å². The molecule has 2 atom stereocenters. The molecule has 39 heavy (non-hydrogen) atoms. The normalized spacial score (nSPS) is 17.7. The third kappa shape index (κ3) is 7.30. The molecule has 0 radical (unpaired) electrons. The summed E-state index contributed by atoms with van der Waals surface area (Å²) in [5, 5.41) is 20.4. The molecular formula is C26H26F6N2O5. The smallest absolute Gasteiger partial charge is 0.417 e. The van der Waals surface area contributed by atoms with Gasteiger partial charge in [0.05, 0.1) is 29.5 Å². The Bertz CT molecular complexity index is 1230. The first-order chi connectivity index (χ1) is 18.2. The Morgan fingerprint density at radius 1 is 1.21 bits per heavy atom. The Morgan fingerprint density at radius 3 is 2.54 bits per heavy atom. The molecule has 1 aliphatic heterocycles. The van der Waals surface area contributed by atoms with Crippen molar-refractivity contribution in [2.24, 2.45) is 0 Å². The van der Waals surface area contributed by atoms with Gasteiger partial charge in [0.15, 0.2) is 0 Å². The van der Waals surface area contributed by atoms with Crippen LogP contribution in [0.15, 0.2) is 48.5 Å². The van der Waals surface area contributed by atoms with Gasteiger partial charge in [-0.05, 0) is 31.2 Å². The van der Waals surface area contributed by atoms with E-state index in [2.05, 4.69) is 5.32 Å². The van der Waals surface area contributed by atoms with Gasteiger partial charge in [-0.25, -0.2) is 13.2 Å². The van der Waals surface area contributed by atoms with Crippen molar-refractivity contribution in [3.63, 3.8) is 0 Å². The number of nitrogens with one attached hydrogen (secondary N) is 1. The van der Waals surface area contributed by atoms with Crippen LogP contribution >= 0.6 is 0 Å². The summed E-state index contributed by atoms with van der Waals surface area (Å²) in [6, 6.07) is 7.68. The first-order valence-corrected chi connectivity index (χ1v) is 11.8. The monoisotopic (exact) mass is 560 g/mol. The molecule has 0 unspecified atom stereocenters. The summed E-state index contributed by atoms with van der Waals surface area (Å²) in [6.07, 6.45) is -8.22. The molecule has 1 heterocycles. The number of amides is 2. The number of anilines is 1. The number of para-hydroxylation sites is 1. The number of hydrogen-bond donors (Lipinski definition) is 3. The van der Waals surface area contributed by atoms with Crippen LogP contribution in [0.2, 0.25) is 0 Å². The number of hydrogen-bond acceptors (Lipinski definition) is 5. The second kappa shape index (κ2) is 12.1. The first kappa shape index (κ1) is 30.0. The zero-order chi connectivity index (χ0) is 29.0. The minimum Gasteiger partial charge on any atom is -0.491 e. The molecule has 212 valence electrons. The van der Waals surface area contributed by atoms with E-state index < -0.39 is 85.6 Å². The summed E-state index contributed by atoms with van der Waals surface area (Å²) in [5.74, 6) is -6.21. The summed E-state index contributed by atoms with van der Waals surface area (Å²) in [7, 11) is 0. The summed E-state index contributed by atoms with van der Waals surface area (Å²) >= 11 is 0. The second-order valence-corrected chi connectivity index (χ2v) is 8.86. The van der Waals surface area contributed by atoms with E-state index in [1.807, 2.05) is 0 Å². The highest BCUT2D eigenvalue weighted by molar-refractivity contribution is 6.10. The Hall–Kier alpha value is -3.58. The van der Waals surface area contributed by atoms with Gasteiger partial charge in [0.2, 0.25) is 5.91 Å².